The number of nitrogens with zero attached hydrogens (tertiary/aromatic N) is 1. The van der Waals surface area contributed by atoms with Crippen LogP contribution in [0.25, 0.3) is 0 Å². The quantitative estimate of drug-likeness (QED) is 0.399. The Morgan fingerprint density at radius 3 is 3.00 bits per heavy atom. The van der Waals surface area contributed by atoms with Gasteiger partial charge in [-0.2, -0.15) is 0 Å². The van der Waals surface area contributed by atoms with Gasteiger partial charge in [-0.05, 0) is 0 Å². The molecule has 2 N–H and O–H groups in total. The number of anilines is 1. The normalized spacial score (nSPS) is 13.5. The van der Waals surface area contributed by atoms with E-state index >= 15 is 0 Å². The molecule has 0 aliphatic carbocycles. The van der Waals surface area contributed by atoms with Gasteiger partial charge in [0, 0.05) is 24.1 Å². The van der Waals surface area contributed by atoms with E-state index in [1.807, 2.05) is 0 Å². The number of nitro groups is 1. The van der Waals surface area contributed by atoms with Gasteiger partial charge in [-0.25, -0.2) is 0 Å². The summed E-state index contributed by atoms with van der Waals surface area (Å²) in [6.45, 7) is 0.579. The van der Waals surface area contributed by atoms with Gasteiger partial charge in [-0.3, -0.25) is 10.1 Å². The molecule has 0 bridgehead atoms. The zero-order valence-corrected chi connectivity index (χ0v) is 6.82. The smallest absolute Gasteiger partial charge is 0.292 e. The molecular weight excluding hydrogens is 172 g/mol. The van der Waals surface area contributed by atoms with Crippen LogP contribution >= 0.6 is 0 Å². The van der Waals surface area contributed by atoms with Gasteiger partial charge in [-0.15, -0.1) is 0 Å². The number of fused-ring (bicyclic) bond motifs is 1. The van der Waals surface area contributed by atoms with Gasteiger partial charge >= 0.3 is 0 Å². The third-order valence-electron chi connectivity index (χ3n) is 2.04. The number of rotatable bonds is 1. The van der Waals surface area contributed by atoms with Gasteiger partial charge in [0.05, 0.1) is 11.5 Å². The first-order chi connectivity index (χ1) is 6.18. The predicted molar refractivity (Wildman–Crippen MR) is 46.7 cm³/mol. The fourth-order valence-electron chi connectivity index (χ4n) is 1.39. The van der Waals surface area contributed by atoms with Crippen molar-refractivity contribution in [1.29, 1.82) is 0 Å². The van der Waals surface area contributed by atoms with Crippen LogP contribution in [-0.4, -0.2) is 11.5 Å². The van der Waals surface area contributed by atoms with E-state index in [1.54, 1.807) is 0 Å². The van der Waals surface area contributed by atoms with E-state index in [9.17, 15) is 10.1 Å². The Kier molecular flexibility index (Phi) is 1.58. The molecule has 13 heavy (non-hydrogen) atoms. The maximum atomic E-state index is 10.5. The van der Waals surface area contributed by atoms with Crippen LogP contribution < -0.4 is 10.5 Å². The van der Waals surface area contributed by atoms with Crippen molar-refractivity contribution < 1.29 is 9.66 Å². The second-order valence-electron chi connectivity index (χ2n) is 2.87. The van der Waals surface area contributed by atoms with Crippen LogP contribution in [0.3, 0.4) is 0 Å². The highest BCUT2D eigenvalue weighted by molar-refractivity contribution is 5.64. The number of nitrogen functional groups attached to an aromatic ring is 1. The average molecular weight is 180 g/mol. The van der Waals surface area contributed by atoms with E-state index in [1.165, 1.54) is 12.1 Å². The standard InChI is InChI=1S/C8H8N2O3/c9-6-4-8-5(1-2-13-8)3-7(6)10(11)12/h3-4H,1-2,9H2. The zero-order chi connectivity index (χ0) is 9.42. The van der Waals surface area contributed by atoms with Crippen molar-refractivity contribution in [3.8, 4) is 5.75 Å². The van der Waals surface area contributed by atoms with Crippen LogP contribution in [0.15, 0.2) is 12.1 Å². The molecule has 0 amide bonds. The monoisotopic (exact) mass is 180 g/mol. The average Bonchev–Trinajstić information content (AvgIpc) is 2.48. The summed E-state index contributed by atoms with van der Waals surface area (Å²) < 4.78 is 5.21. The molecule has 0 radical (unpaired) electrons. The summed E-state index contributed by atoms with van der Waals surface area (Å²) in [6.07, 6.45) is 0.719. The molecule has 1 heterocycles. The third kappa shape index (κ3) is 1.18. The summed E-state index contributed by atoms with van der Waals surface area (Å²) in [5.74, 6) is 0.670. The van der Waals surface area contributed by atoms with Gasteiger partial charge in [0.15, 0.2) is 0 Å². The molecule has 0 unspecified atom stereocenters. The van der Waals surface area contributed by atoms with Gasteiger partial charge in [0.25, 0.3) is 5.69 Å². The minimum absolute atomic E-state index is 0.0377. The van der Waals surface area contributed by atoms with E-state index in [4.69, 9.17) is 10.5 Å². The van der Waals surface area contributed by atoms with Crippen LogP contribution in [0.2, 0.25) is 0 Å². The molecule has 0 fully saturated rings. The first-order valence-electron chi connectivity index (χ1n) is 3.88. The van der Waals surface area contributed by atoms with Crippen molar-refractivity contribution in [2.45, 2.75) is 6.42 Å². The lowest BCUT2D eigenvalue weighted by atomic mass is 10.1. The fraction of sp³-hybridized carbons (Fsp3) is 0.250. The molecule has 0 aromatic heterocycles. The van der Waals surface area contributed by atoms with Crippen molar-refractivity contribution in [1.82, 2.24) is 0 Å². The zero-order valence-electron chi connectivity index (χ0n) is 6.82. The summed E-state index contributed by atoms with van der Waals surface area (Å²) in [7, 11) is 0. The largest absolute Gasteiger partial charge is 0.493 e. The number of hydrogen-bond donors (Lipinski definition) is 1. The van der Waals surface area contributed by atoms with Crippen molar-refractivity contribution in [3.05, 3.63) is 27.8 Å². The number of nitrogens with two attached hydrogens (primary N) is 1. The van der Waals surface area contributed by atoms with Gasteiger partial charge in [0.1, 0.15) is 11.4 Å². The van der Waals surface area contributed by atoms with E-state index < -0.39 is 4.92 Å². The Hall–Kier alpha value is -1.78. The van der Waals surface area contributed by atoms with Crippen LogP contribution in [0.4, 0.5) is 11.4 Å². The second-order valence-corrected chi connectivity index (χ2v) is 2.87. The fourth-order valence-corrected chi connectivity index (χ4v) is 1.39. The molecule has 5 heteroatoms. The van der Waals surface area contributed by atoms with E-state index in [0.717, 1.165) is 12.0 Å². The van der Waals surface area contributed by atoms with E-state index in [-0.39, 0.29) is 11.4 Å². The summed E-state index contributed by atoms with van der Waals surface area (Å²) in [5.41, 5.74) is 6.46. The lowest BCUT2D eigenvalue weighted by Crippen LogP contribution is -1.96. The van der Waals surface area contributed by atoms with Crippen LogP contribution in [0.5, 0.6) is 5.75 Å². The Bertz CT molecular complexity index is 376. The molecule has 1 aliphatic heterocycles. The number of nitro benzene ring substituents is 1. The molecule has 1 aliphatic rings. The molecule has 1 aromatic carbocycles. The second kappa shape index (κ2) is 2.62. The Labute approximate surface area is 74.3 Å². The van der Waals surface area contributed by atoms with Crippen LogP contribution in [-0.2, 0) is 6.42 Å². The molecule has 0 spiro atoms. The number of ether oxygens (including phenoxy) is 1. The molecular formula is C8H8N2O3. The van der Waals surface area contributed by atoms with Crippen molar-refractivity contribution in [3.63, 3.8) is 0 Å². The molecule has 68 valence electrons. The number of hydrogen-bond acceptors (Lipinski definition) is 4. The molecule has 2 rings (SSSR count). The maximum absolute atomic E-state index is 10.5. The first kappa shape index (κ1) is 7.85. The summed E-state index contributed by atoms with van der Waals surface area (Å²) in [6, 6.07) is 3.00. The lowest BCUT2D eigenvalue weighted by Gasteiger charge is -2.00. The minimum atomic E-state index is -0.478. The topological polar surface area (TPSA) is 78.4 Å². The highest BCUT2D eigenvalue weighted by Crippen LogP contribution is 2.33. The third-order valence-corrected chi connectivity index (χ3v) is 2.04. The highest BCUT2D eigenvalue weighted by Gasteiger charge is 2.19. The lowest BCUT2D eigenvalue weighted by molar-refractivity contribution is -0.383. The molecule has 0 saturated carbocycles. The Morgan fingerprint density at radius 2 is 2.31 bits per heavy atom. The number of benzene rings is 1. The summed E-state index contributed by atoms with van der Waals surface area (Å²) in [5, 5.41) is 10.5. The summed E-state index contributed by atoms with van der Waals surface area (Å²) >= 11 is 0. The molecule has 0 atom stereocenters. The molecule has 1 aromatic rings. The Morgan fingerprint density at radius 1 is 1.54 bits per heavy atom. The minimum Gasteiger partial charge on any atom is -0.493 e. The van der Waals surface area contributed by atoms with E-state index in [2.05, 4.69) is 0 Å². The van der Waals surface area contributed by atoms with Crippen LogP contribution in [0, 0.1) is 10.1 Å². The SMILES string of the molecule is Nc1cc2c(cc1[N+](=O)[O-])CCO2. The van der Waals surface area contributed by atoms with Gasteiger partial charge in [-0.1, -0.05) is 0 Å². The highest BCUT2D eigenvalue weighted by atomic mass is 16.6. The summed E-state index contributed by atoms with van der Waals surface area (Å²) in [4.78, 5) is 10.0. The predicted octanol–water partition coefficient (Wildman–Crippen LogP) is 1.11. The molecule has 5 nitrogen and oxygen atoms in total. The van der Waals surface area contributed by atoms with Crippen molar-refractivity contribution in [2.24, 2.45) is 0 Å². The van der Waals surface area contributed by atoms with Gasteiger partial charge in [0.2, 0.25) is 0 Å². The van der Waals surface area contributed by atoms with Crippen LogP contribution in [0.1, 0.15) is 5.56 Å². The van der Waals surface area contributed by atoms with Crippen molar-refractivity contribution >= 4 is 11.4 Å². The first-order valence-corrected chi connectivity index (χ1v) is 3.88. The van der Waals surface area contributed by atoms with Crippen molar-refractivity contribution in [2.75, 3.05) is 12.3 Å². The maximum Gasteiger partial charge on any atom is 0.292 e. The Balaban J connectivity index is 2.55. The van der Waals surface area contributed by atoms with E-state index in [0.29, 0.717) is 12.4 Å². The van der Waals surface area contributed by atoms with Gasteiger partial charge < -0.3 is 10.5 Å². The molecule has 0 saturated heterocycles.